The topological polar surface area (TPSA) is 58.4 Å². The first kappa shape index (κ1) is 21.2. The molecule has 3 rings (SSSR count). The molecule has 0 bridgehead atoms. The van der Waals surface area contributed by atoms with E-state index in [1.807, 2.05) is 79.5 Å². The first-order chi connectivity index (χ1) is 13.9. The molecule has 154 valence electrons. The lowest BCUT2D eigenvalue weighted by molar-refractivity contribution is 0.0670. The summed E-state index contributed by atoms with van der Waals surface area (Å²) in [7, 11) is 3.97. The molecule has 0 aliphatic heterocycles. The van der Waals surface area contributed by atoms with Gasteiger partial charge in [0.05, 0.1) is 21.8 Å². The molecule has 29 heavy (non-hydrogen) atoms. The van der Waals surface area contributed by atoms with Crippen molar-refractivity contribution in [2.45, 2.75) is 32.9 Å². The summed E-state index contributed by atoms with van der Waals surface area (Å²) in [6.07, 6.45) is 0.816. The van der Waals surface area contributed by atoms with Gasteiger partial charge in [0.2, 0.25) is 0 Å². The first-order valence-electron chi connectivity index (χ1n) is 9.92. The molecule has 1 amide bonds. The van der Waals surface area contributed by atoms with Crippen molar-refractivity contribution in [2.75, 3.05) is 27.2 Å². The zero-order chi connectivity index (χ0) is 21.0. The number of para-hydroxylation sites is 1. The number of carbonyl (C=O) groups excluding carboxylic acids is 1. The van der Waals surface area contributed by atoms with Crippen LogP contribution in [0.4, 0.5) is 0 Å². The minimum atomic E-state index is -0.326. The maximum atomic E-state index is 13.3. The number of hydrogen-bond acceptors (Lipinski definition) is 5. The number of likely N-dealkylation sites (N-methyl/N-ethyl adjacent to an activating group) is 1. The van der Waals surface area contributed by atoms with Crippen LogP contribution in [0.3, 0.4) is 0 Å². The van der Waals surface area contributed by atoms with E-state index in [-0.39, 0.29) is 17.5 Å². The quantitative estimate of drug-likeness (QED) is 0.567. The predicted octanol–water partition coefficient (Wildman–Crippen LogP) is 3.63. The molecule has 6 nitrogen and oxygen atoms in total. The molecule has 0 spiro atoms. The van der Waals surface area contributed by atoms with Gasteiger partial charge in [-0.05, 0) is 51.0 Å². The highest BCUT2D eigenvalue weighted by atomic mass is 32.1. The third-order valence-corrected chi connectivity index (χ3v) is 5.82. The summed E-state index contributed by atoms with van der Waals surface area (Å²) in [5.41, 5.74) is 0.623. The Labute approximate surface area is 175 Å². The van der Waals surface area contributed by atoms with Crippen LogP contribution in [0.2, 0.25) is 0 Å². The van der Waals surface area contributed by atoms with E-state index in [2.05, 4.69) is 0 Å². The standard InChI is InChI=1S/C22H28N4O2S/c1-5-12-26-20(23-18-10-7-6-9-17(18)21(26)27)16(2)25(14-13-24(3)4)22(28)19-11-8-15-29-19/h6-11,15-16H,5,12-14H2,1-4H3. The zero-order valence-corrected chi connectivity index (χ0v) is 18.3. The summed E-state index contributed by atoms with van der Waals surface area (Å²) in [6.45, 7) is 5.86. The molecule has 0 N–H and O–H groups in total. The van der Waals surface area contributed by atoms with E-state index in [4.69, 9.17) is 4.98 Å². The number of carbonyl (C=O) groups is 1. The molecule has 1 unspecified atom stereocenters. The van der Waals surface area contributed by atoms with Crippen molar-refractivity contribution in [3.8, 4) is 0 Å². The van der Waals surface area contributed by atoms with E-state index in [0.717, 1.165) is 13.0 Å². The maximum Gasteiger partial charge on any atom is 0.264 e. The smallest absolute Gasteiger partial charge is 0.264 e. The molecule has 1 atom stereocenters. The number of fused-ring (bicyclic) bond motifs is 1. The van der Waals surface area contributed by atoms with E-state index >= 15 is 0 Å². The van der Waals surface area contributed by atoms with E-state index in [9.17, 15) is 9.59 Å². The monoisotopic (exact) mass is 412 g/mol. The zero-order valence-electron chi connectivity index (χ0n) is 17.5. The third kappa shape index (κ3) is 4.57. The highest BCUT2D eigenvalue weighted by Crippen LogP contribution is 2.24. The van der Waals surface area contributed by atoms with Gasteiger partial charge in [0.25, 0.3) is 11.5 Å². The minimum absolute atomic E-state index is 0.0280. The predicted molar refractivity (Wildman–Crippen MR) is 119 cm³/mol. The fourth-order valence-corrected chi connectivity index (χ4v) is 4.08. The van der Waals surface area contributed by atoms with Crippen LogP contribution in [0.1, 0.15) is 41.8 Å². The number of thiophene rings is 1. The second-order valence-electron chi connectivity index (χ2n) is 7.40. The summed E-state index contributed by atoms with van der Waals surface area (Å²) < 4.78 is 1.73. The molecular formula is C22H28N4O2S. The van der Waals surface area contributed by atoms with Gasteiger partial charge < -0.3 is 9.80 Å². The van der Waals surface area contributed by atoms with Crippen molar-refractivity contribution in [1.82, 2.24) is 19.4 Å². The summed E-state index contributed by atoms with van der Waals surface area (Å²) in [5.74, 6) is 0.610. The van der Waals surface area contributed by atoms with Crippen LogP contribution < -0.4 is 5.56 Å². The average Bonchev–Trinajstić information content (AvgIpc) is 3.24. The van der Waals surface area contributed by atoms with Gasteiger partial charge in [-0.2, -0.15) is 0 Å². The molecule has 0 aliphatic carbocycles. The molecule has 0 aliphatic rings. The lowest BCUT2D eigenvalue weighted by Crippen LogP contribution is -2.41. The van der Waals surface area contributed by atoms with Crippen LogP contribution in [0.25, 0.3) is 10.9 Å². The van der Waals surface area contributed by atoms with Gasteiger partial charge in [0.15, 0.2) is 0 Å². The lowest BCUT2D eigenvalue weighted by Gasteiger charge is -2.31. The number of benzene rings is 1. The lowest BCUT2D eigenvalue weighted by atomic mass is 10.2. The van der Waals surface area contributed by atoms with Crippen LogP contribution in [0.15, 0.2) is 46.6 Å². The summed E-state index contributed by atoms with van der Waals surface area (Å²) in [6, 6.07) is 10.8. The molecule has 0 radical (unpaired) electrons. The largest absolute Gasteiger partial charge is 0.327 e. The Morgan fingerprint density at radius 1 is 1.17 bits per heavy atom. The van der Waals surface area contributed by atoms with E-state index in [1.165, 1.54) is 11.3 Å². The maximum absolute atomic E-state index is 13.3. The van der Waals surface area contributed by atoms with Crippen LogP contribution >= 0.6 is 11.3 Å². The van der Waals surface area contributed by atoms with Gasteiger partial charge in [-0.15, -0.1) is 11.3 Å². The van der Waals surface area contributed by atoms with Crippen LogP contribution in [0.5, 0.6) is 0 Å². The molecule has 3 aromatic rings. The third-order valence-electron chi connectivity index (χ3n) is 4.96. The molecule has 2 aromatic heterocycles. The molecule has 7 heteroatoms. The Bertz CT molecular complexity index is 1030. The Morgan fingerprint density at radius 2 is 1.93 bits per heavy atom. The number of aromatic nitrogens is 2. The molecule has 1 aromatic carbocycles. The van der Waals surface area contributed by atoms with Crippen molar-refractivity contribution in [3.63, 3.8) is 0 Å². The fraction of sp³-hybridized carbons (Fsp3) is 0.409. The van der Waals surface area contributed by atoms with Gasteiger partial charge in [-0.1, -0.05) is 25.1 Å². The van der Waals surface area contributed by atoms with Crippen molar-refractivity contribution in [1.29, 1.82) is 0 Å². The Morgan fingerprint density at radius 3 is 2.59 bits per heavy atom. The SMILES string of the molecule is CCCn1c(C(C)N(CCN(C)C)C(=O)c2cccs2)nc2ccccc2c1=O. The van der Waals surface area contributed by atoms with E-state index < -0.39 is 0 Å². The Balaban J connectivity index is 2.09. The van der Waals surface area contributed by atoms with Gasteiger partial charge >= 0.3 is 0 Å². The van der Waals surface area contributed by atoms with Crippen LogP contribution in [-0.4, -0.2) is 52.4 Å². The Hall–Kier alpha value is -2.51. The van der Waals surface area contributed by atoms with Crippen molar-refractivity contribution in [2.24, 2.45) is 0 Å². The molecule has 0 fully saturated rings. The normalized spacial score (nSPS) is 12.4. The fourth-order valence-electron chi connectivity index (χ4n) is 3.40. The minimum Gasteiger partial charge on any atom is -0.327 e. The van der Waals surface area contributed by atoms with Gasteiger partial charge in [0, 0.05) is 19.6 Å². The molecule has 0 saturated carbocycles. The number of rotatable bonds is 8. The number of amides is 1. The van der Waals surface area contributed by atoms with Crippen LogP contribution in [0, 0.1) is 0 Å². The van der Waals surface area contributed by atoms with E-state index in [0.29, 0.717) is 34.7 Å². The molecular weight excluding hydrogens is 384 g/mol. The van der Waals surface area contributed by atoms with Crippen LogP contribution in [-0.2, 0) is 6.54 Å². The average molecular weight is 413 g/mol. The highest BCUT2D eigenvalue weighted by Gasteiger charge is 2.27. The van der Waals surface area contributed by atoms with Crippen molar-refractivity contribution < 1.29 is 4.79 Å². The molecule has 2 heterocycles. The summed E-state index contributed by atoms with van der Waals surface area (Å²) in [4.78, 5) is 35.8. The van der Waals surface area contributed by atoms with Gasteiger partial charge in [-0.3, -0.25) is 14.2 Å². The Kier molecular flexibility index (Phi) is 6.82. The van der Waals surface area contributed by atoms with Gasteiger partial charge in [-0.25, -0.2) is 4.98 Å². The summed E-state index contributed by atoms with van der Waals surface area (Å²) >= 11 is 1.43. The second-order valence-corrected chi connectivity index (χ2v) is 8.35. The van der Waals surface area contributed by atoms with E-state index in [1.54, 1.807) is 4.57 Å². The van der Waals surface area contributed by atoms with Crippen molar-refractivity contribution >= 4 is 28.1 Å². The number of hydrogen-bond donors (Lipinski definition) is 0. The number of nitrogens with zero attached hydrogens (tertiary/aromatic N) is 4. The molecule has 0 saturated heterocycles. The summed E-state index contributed by atoms with van der Waals surface area (Å²) in [5, 5.41) is 2.52. The first-order valence-corrected chi connectivity index (χ1v) is 10.8. The van der Waals surface area contributed by atoms with Gasteiger partial charge in [0.1, 0.15) is 5.82 Å². The highest BCUT2D eigenvalue weighted by molar-refractivity contribution is 7.12. The van der Waals surface area contributed by atoms with Crippen molar-refractivity contribution in [3.05, 3.63) is 62.8 Å². The second kappa shape index (κ2) is 9.33.